The van der Waals surface area contributed by atoms with Crippen LogP contribution in [0, 0.1) is 0 Å². The SMILES string of the molecule is CCc1nnc(N2C(=O)c3oc4cc(OC)ccc4c(=O)c3C2c2cccc(OC(C)C)c2)s1. The zero-order valence-electron chi connectivity index (χ0n) is 19.2. The van der Waals surface area contributed by atoms with Gasteiger partial charge in [0.05, 0.1) is 30.2 Å². The molecule has 1 unspecified atom stereocenters. The van der Waals surface area contributed by atoms with E-state index < -0.39 is 11.9 Å². The summed E-state index contributed by atoms with van der Waals surface area (Å²) >= 11 is 1.32. The number of ether oxygens (including phenoxy) is 2. The fourth-order valence-corrected chi connectivity index (χ4v) is 4.91. The van der Waals surface area contributed by atoms with Gasteiger partial charge in [-0.2, -0.15) is 0 Å². The smallest absolute Gasteiger partial charge is 0.297 e. The Morgan fingerprint density at radius 2 is 1.94 bits per heavy atom. The first-order valence-corrected chi connectivity index (χ1v) is 11.8. The lowest BCUT2D eigenvalue weighted by atomic mass is 9.98. The van der Waals surface area contributed by atoms with Crippen LogP contribution in [0.2, 0.25) is 0 Å². The van der Waals surface area contributed by atoms with Crippen LogP contribution >= 0.6 is 11.3 Å². The standard InChI is InChI=1S/C25H23N3O5S/c1-5-19-26-27-25(34-19)28-21(14-7-6-8-16(11-14)32-13(2)3)20-22(29)17-10-9-15(31-4)12-18(17)33-23(20)24(28)30/h6-13,21H,5H2,1-4H3. The van der Waals surface area contributed by atoms with Crippen molar-refractivity contribution in [3.05, 3.63) is 74.6 Å². The van der Waals surface area contributed by atoms with Crippen molar-refractivity contribution in [2.24, 2.45) is 0 Å². The maximum absolute atomic E-state index is 13.7. The molecule has 8 nitrogen and oxygen atoms in total. The van der Waals surface area contributed by atoms with Gasteiger partial charge < -0.3 is 13.9 Å². The number of rotatable bonds is 6. The largest absolute Gasteiger partial charge is 0.497 e. The Kier molecular flexibility index (Phi) is 5.57. The van der Waals surface area contributed by atoms with Crippen LogP contribution in [0.3, 0.4) is 0 Å². The molecular weight excluding hydrogens is 454 g/mol. The van der Waals surface area contributed by atoms with Crippen molar-refractivity contribution in [1.29, 1.82) is 0 Å². The number of amides is 1. The van der Waals surface area contributed by atoms with E-state index in [1.54, 1.807) is 18.2 Å². The topological polar surface area (TPSA) is 94.8 Å². The molecule has 1 aliphatic heterocycles. The summed E-state index contributed by atoms with van der Waals surface area (Å²) in [7, 11) is 1.53. The molecule has 0 saturated heterocycles. The Bertz CT molecular complexity index is 1460. The van der Waals surface area contributed by atoms with E-state index in [0.29, 0.717) is 34.0 Å². The minimum absolute atomic E-state index is 0.000757. The van der Waals surface area contributed by atoms with Crippen molar-refractivity contribution < 1.29 is 18.7 Å². The Balaban J connectivity index is 1.75. The van der Waals surface area contributed by atoms with Gasteiger partial charge in [-0.15, -0.1) is 10.2 Å². The number of methoxy groups -OCH3 is 1. The molecule has 0 bridgehead atoms. The highest BCUT2D eigenvalue weighted by molar-refractivity contribution is 7.15. The maximum Gasteiger partial charge on any atom is 0.297 e. The third kappa shape index (κ3) is 3.62. The van der Waals surface area contributed by atoms with Gasteiger partial charge >= 0.3 is 0 Å². The lowest BCUT2D eigenvalue weighted by Gasteiger charge is -2.22. The second-order valence-corrected chi connectivity index (χ2v) is 9.23. The lowest BCUT2D eigenvalue weighted by molar-refractivity contribution is 0.0970. The molecule has 5 rings (SSSR count). The van der Waals surface area contributed by atoms with Crippen LogP contribution in [0.25, 0.3) is 11.0 Å². The second-order valence-electron chi connectivity index (χ2n) is 8.18. The van der Waals surface area contributed by atoms with Gasteiger partial charge in [-0.25, -0.2) is 0 Å². The molecule has 0 N–H and O–H groups in total. The number of aryl methyl sites for hydroxylation is 1. The molecule has 4 aromatic rings. The van der Waals surface area contributed by atoms with Crippen molar-refractivity contribution >= 4 is 33.3 Å². The molecule has 0 spiro atoms. The summed E-state index contributed by atoms with van der Waals surface area (Å²) in [5, 5.41) is 10.0. The van der Waals surface area contributed by atoms with E-state index in [1.807, 2.05) is 45.0 Å². The quantitative estimate of drug-likeness (QED) is 0.395. The number of hydrogen-bond acceptors (Lipinski definition) is 8. The van der Waals surface area contributed by atoms with Crippen LogP contribution in [0.4, 0.5) is 5.13 Å². The van der Waals surface area contributed by atoms with Gasteiger partial charge in [0.1, 0.15) is 22.1 Å². The lowest BCUT2D eigenvalue weighted by Crippen LogP contribution is -2.29. The third-order valence-corrected chi connectivity index (χ3v) is 6.66. The maximum atomic E-state index is 13.7. The number of hydrogen-bond donors (Lipinski definition) is 0. The van der Waals surface area contributed by atoms with Gasteiger partial charge in [-0.3, -0.25) is 14.5 Å². The van der Waals surface area contributed by atoms with Crippen LogP contribution in [-0.2, 0) is 6.42 Å². The van der Waals surface area contributed by atoms with Crippen LogP contribution in [0.5, 0.6) is 11.5 Å². The van der Waals surface area contributed by atoms with Gasteiger partial charge in [0, 0.05) is 6.07 Å². The number of carbonyl (C=O) groups is 1. The van der Waals surface area contributed by atoms with Crippen molar-refractivity contribution in [1.82, 2.24) is 10.2 Å². The molecule has 174 valence electrons. The van der Waals surface area contributed by atoms with Gasteiger partial charge in [0.25, 0.3) is 5.91 Å². The summed E-state index contributed by atoms with van der Waals surface area (Å²) in [4.78, 5) is 28.9. The molecule has 34 heavy (non-hydrogen) atoms. The highest BCUT2D eigenvalue weighted by Crippen LogP contribution is 2.43. The second kappa shape index (κ2) is 8.57. The average molecular weight is 478 g/mol. The Morgan fingerprint density at radius 3 is 2.65 bits per heavy atom. The highest BCUT2D eigenvalue weighted by Gasteiger charge is 2.45. The summed E-state index contributed by atoms with van der Waals surface area (Å²) in [6.07, 6.45) is 0.665. The minimum atomic E-state index is -0.723. The first-order chi connectivity index (χ1) is 16.4. The molecular formula is C25H23N3O5S. The average Bonchev–Trinajstić information content (AvgIpc) is 3.41. The molecule has 0 fully saturated rings. The summed E-state index contributed by atoms with van der Waals surface area (Å²) < 4.78 is 17.2. The third-order valence-electron chi connectivity index (χ3n) is 5.59. The molecule has 1 amide bonds. The first kappa shape index (κ1) is 22.1. The van der Waals surface area contributed by atoms with Crippen LogP contribution in [0.15, 0.2) is 51.7 Å². The van der Waals surface area contributed by atoms with Crippen LogP contribution < -0.4 is 19.8 Å². The zero-order valence-corrected chi connectivity index (χ0v) is 20.0. The minimum Gasteiger partial charge on any atom is -0.497 e. The zero-order chi connectivity index (χ0) is 24.0. The Hall–Kier alpha value is -3.72. The fraction of sp³-hybridized carbons (Fsp3) is 0.280. The molecule has 9 heteroatoms. The number of aromatic nitrogens is 2. The van der Waals surface area contributed by atoms with Crippen LogP contribution in [-0.4, -0.2) is 29.3 Å². The predicted molar refractivity (Wildman–Crippen MR) is 129 cm³/mol. The highest BCUT2D eigenvalue weighted by atomic mass is 32.1. The molecule has 2 aromatic heterocycles. The van der Waals surface area contributed by atoms with E-state index in [4.69, 9.17) is 13.9 Å². The van der Waals surface area contributed by atoms with E-state index in [-0.39, 0.29) is 22.9 Å². The summed E-state index contributed by atoms with van der Waals surface area (Å²) in [5.74, 6) is 0.745. The number of nitrogens with zero attached hydrogens (tertiary/aromatic N) is 3. The normalized spacial score (nSPS) is 15.3. The predicted octanol–water partition coefficient (Wildman–Crippen LogP) is 4.75. The van der Waals surface area contributed by atoms with E-state index >= 15 is 0 Å². The molecule has 1 aliphatic rings. The van der Waals surface area contributed by atoms with Gasteiger partial charge in [-0.1, -0.05) is 30.4 Å². The summed E-state index contributed by atoms with van der Waals surface area (Å²) in [6, 6.07) is 11.6. The van der Waals surface area contributed by atoms with E-state index in [0.717, 1.165) is 10.6 Å². The summed E-state index contributed by atoms with van der Waals surface area (Å²) in [5.41, 5.74) is 1.02. The Labute approximate surface area is 199 Å². The summed E-state index contributed by atoms with van der Waals surface area (Å²) in [6.45, 7) is 5.85. The van der Waals surface area contributed by atoms with Gasteiger partial charge in [0.15, 0.2) is 5.43 Å². The Morgan fingerprint density at radius 1 is 1.12 bits per heavy atom. The molecule has 2 aromatic carbocycles. The van der Waals surface area contributed by atoms with E-state index in [2.05, 4.69) is 10.2 Å². The van der Waals surface area contributed by atoms with Crippen LogP contribution in [0.1, 0.15) is 53.5 Å². The molecule has 1 atom stereocenters. The molecule has 0 radical (unpaired) electrons. The van der Waals surface area contributed by atoms with Crippen molar-refractivity contribution in [2.45, 2.75) is 39.3 Å². The molecule has 3 heterocycles. The fourth-order valence-electron chi connectivity index (χ4n) is 4.11. The number of fused-ring (bicyclic) bond motifs is 2. The number of benzene rings is 2. The number of anilines is 1. The van der Waals surface area contributed by atoms with Crippen molar-refractivity contribution in [3.8, 4) is 11.5 Å². The molecule has 0 aliphatic carbocycles. The first-order valence-electron chi connectivity index (χ1n) is 11.0. The molecule has 0 saturated carbocycles. The van der Waals surface area contributed by atoms with Gasteiger partial charge in [0.2, 0.25) is 10.9 Å². The van der Waals surface area contributed by atoms with E-state index in [9.17, 15) is 9.59 Å². The van der Waals surface area contributed by atoms with Crippen molar-refractivity contribution in [3.63, 3.8) is 0 Å². The van der Waals surface area contributed by atoms with E-state index in [1.165, 1.54) is 23.3 Å². The monoisotopic (exact) mass is 477 g/mol. The van der Waals surface area contributed by atoms with Gasteiger partial charge in [-0.05, 0) is 50.1 Å². The number of carbonyl (C=O) groups excluding carboxylic acids is 1. The van der Waals surface area contributed by atoms with Crippen molar-refractivity contribution in [2.75, 3.05) is 12.0 Å².